The van der Waals surface area contributed by atoms with E-state index in [0.717, 1.165) is 25.7 Å². The zero-order chi connectivity index (χ0) is 19.9. The van der Waals surface area contributed by atoms with E-state index in [1.165, 1.54) is 18.2 Å². The van der Waals surface area contributed by atoms with Gasteiger partial charge in [-0.1, -0.05) is 12.1 Å². The Balaban J connectivity index is 1.63. The summed E-state index contributed by atoms with van der Waals surface area (Å²) in [6.07, 6.45) is 4.45. The Bertz CT molecular complexity index is 848. The van der Waals surface area contributed by atoms with E-state index in [2.05, 4.69) is 5.32 Å². The van der Waals surface area contributed by atoms with Crippen LogP contribution in [0.1, 0.15) is 25.7 Å². The Hall–Kier alpha value is -3.29. The van der Waals surface area contributed by atoms with Crippen molar-refractivity contribution in [2.24, 2.45) is 0 Å². The molecule has 0 radical (unpaired) electrons. The van der Waals surface area contributed by atoms with Crippen LogP contribution in [0.25, 0.3) is 0 Å². The lowest BCUT2D eigenvalue weighted by atomic mass is 10.2. The van der Waals surface area contributed by atoms with Crippen molar-refractivity contribution in [3.63, 3.8) is 0 Å². The van der Waals surface area contributed by atoms with Gasteiger partial charge in [0.05, 0.1) is 18.1 Å². The second-order valence-electron chi connectivity index (χ2n) is 6.45. The fourth-order valence-electron chi connectivity index (χ4n) is 3.10. The SMILES string of the molecule is COc1ccc(NC(=O)COc2ccccc2[N+](=O)[O-])cc1OC1CCCC1. The fourth-order valence-corrected chi connectivity index (χ4v) is 3.10. The molecule has 148 valence electrons. The first-order valence-electron chi connectivity index (χ1n) is 9.07. The third kappa shape index (κ3) is 4.91. The van der Waals surface area contributed by atoms with Gasteiger partial charge >= 0.3 is 5.69 Å². The average Bonchev–Trinajstić information content (AvgIpc) is 3.20. The summed E-state index contributed by atoms with van der Waals surface area (Å²) in [5, 5.41) is 13.7. The highest BCUT2D eigenvalue weighted by atomic mass is 16.6. The average molecular weight is 386 g/mol. The van der Waals surface area contributed by atoms with Gasteiger partial charge in [0.25, 0.3) is 5.91 Å². The van der Waals surface area contributed by atoms with Crippen molar-refractivity contribution in [2.75, 3.05) is 19.0 Å². The van der Waals surface area contributed by atoms with E-state index < -0.39 is 10.8 Å². The van der Waals surface area contributed by atoms with Gasteiger partial charge in [-0.3, -0.25) is 14.9 Å². The van der Waals surface area contributed by atoms with E-state index in [9.17, 15) is 14.9 Å². The number of para-hydroxylation sites is 2. The molecule has 2 aromatic rings. The zero-order valence-electron chi connectivity index (χ0n) is 15.6. The molecule has 1 aliphatic carbocycles. The maximum Gasteiger partial charge on any atom is 0.310 e. The van der Waals surface area contributed by atoms with E-state index in [-0.39, 0.29) is 24.1 Å². The Morgan fingerprint density at radius 2 is 1.89 bits per heavy atom. The van der Waals surface area contributed by atoms with E-state index in [1.54, 1.807) is 31.4 Å². The summed E-state index contributed by atoms with van der Waals surface area (Å²) in [6.45, 7) is -0.351. The molecule has 1 N–H and O–H groups in total. The Morgan fingerprint density at radius 1 is 1.14 bits per heavy atom. The molecule has 1 fully saturated rings. The van der Waals surface area contributed by atoms with Crippen LogP contribution in [0.2, 0.25) is 0 Å². The first-order valence-corrected chi connectivity index (χ1v) is 9.07. The highest BCUT2D eigenvalue weighted by Crippen LogP contribution is 2.34. The van der Waals surface area contributed by atoms with Crippen LogP contribution in [0.15, 0.2) is 42.5 Å². The van der Waals surface area contributed by atoms with Gasteiger partial charge in [0.15, 0.2) is 23.9 Å². The van der Waals surface area contributed by atoms with Crippen molar-refractivity contribution in [1.82, 2.24) is 0 Å². The molecule has 3 rings (SSSR count). The largest absolute Gasteiger partial charge is 0.493 e. The number of rotatable bonds is 8. The molecule has 0 aliphatic heterocycles. The summed E-state index contributed by atoms with van der Waals surface area (Å²) in [6, 6.07) is 11.0. The number of nitro groups is 1. The van der Waals surface area contributed by atoms with E-state index in [4.69, 9.17) is 14.2 Å². The topological polar surface area (TPSA) is 99.9 Å². The zero-order valence-corrected chi connectivity index (χ0v) is 15.6. The molecule has 28 heavy (non-hydrogen) atoms. The van der Waals surface area contributed by atoms with Crippen molar-refractivity contribution in [1.29, 1.82) is 0 Å². The van der Waals surface area contributed by atoms with Crippen LogP contribution in [-0.4, -0.2) is 30.7 Å². The number of methoxy groups -OCH3 is 1. The van der Waals surface area contributed by atoms with Crippen molar-refractivity contribution in [3.8, 4) is 17.2 Å². The first-order chi connectivity index (χ1) is 13.6. The van der Waals surface area contributed by atoms with Gasteiger partial charge in [0.1, 0.15) is 0 Å². The molecule has 1 saturated carbocycles. The summed E-state index contributed by atoms with van der Waals surface area (Å²) in [7, 11) is 1.57. The summed E-state index contributed by atoms with van der Waals surface area (Å²) in [4.78, 5) is 22.6. The maximum atomic E-state index is 12.2. The lowest BCUT2D eigenvalue weighted by Crippen LogP contribution is -2.20. The molecule has 1 amide bonds. The summed E-state index contributed by atoms with van der Waals surface area (Å²) in [5.74, 6) is 0.783. The number of benzene rings is 2. The molecular formula is C20H22N2O6. The molecule has 1 aliphatic rings. The van der Waals surface area contributed by atoms with Crippen LogP contribution in [0.3, 0.4) is 0 Å². The normalized spacial score (nSPS) is 13.8. The van der Waals surface area contributed by atoms with Gasteiger partial charge in [0.2, 0.25) is 0 Å². The quantitative estimate of drug-likeness (QED) is 0.545. The number of ether oxygens (including phenoxy) is 3. The number of anilines is 1. The molecule has 8 heteroatoms. The van der Waals surface area contributed by atoms with Crippen molar-refractivity contribution in [3.05, 3.63) is 52.6 Å². The number of hydrogen-bond donors (Lipinski definition) is 1. The number of nitro benzene ring substituents is 1. The number of hydrogen-bond acceptors (Lipinski definition) is 6. The molecule has 0 atom stereocenters. The van der Waals surface area contributed by atoms with Crippen LogP contribution in [0.4, 0.5) is 11.4 Å². The molecular weight excluding hydrogens is 364 g/mol. The van der Waals surface area contributed by atoms with Crippen molar-refractivity contribution in [2.45, 2.75) is 31.8 Å². The molecule has 0 spiro atoms. The third-order valence-corrected chi connectivity index (χ3v) is 4.46. The van der Waals surface area contributed by atoms with Crippen LogP contribution in [0.5, 0.6) is 17.2 Å². The monoisotopic (exact) mass is 386 g/mol. The van der Waals surface area contributed by atoms with E-state index >= 15 is 0 Å². The minimum absolute atomic E-state index is 0.0441. The summed E-state index contributed by atoms with van der Waals surface area (Å²) >= 11 is 0. The van der Waals surface area contributed by atoms with Crippen LogP contribution >= 0.6 is 0 Å². The smallest absolute Gasteiger partial charge is 0.310 e. The van der Waals surface area contributed by atoms with Gasteiger partial charge in [0, 0.05) is 17.8 Å². The number of nitrogens with one attached hydrogen (secondary N) is 1. The second kappa shape index (κ2) is 9.07. The molecule has 0 bridgehead atoms. The Labute approximate surface area is 162 Å². The number of nitrogens with zero attached hydrogens (tertiary/aromatic N) is 1. The first kappa shape index (κ1) is 19.5. The number of carbonyl (C=O) groups is 1. The van der Waals surface area contributed by atoms with Crippen LogP contribution in [0, 0.1) is 10.1 Å². The number of carbonyl (C=O) groups excluding carboxylic acids is 1. The van der Waals surface area contributed by atoms with Crippen molar-refractivity contribution < 1.29 is 23.9 Å². The van der Waals surface area contributed by atoms with Crippen LogP contribution in [-0.2, 0) is 4.79 Å². The van der Waals surface area contributed by atoms with E-state index in [0.29, 0.717) is 17.2 Å². The van der Waals surface area contributed by atoms with Gasteiger partial charge in [-0.25, -0.2) is 0 Å². The predicted molar refractivity (Wildman–Crippen MR) is 103 cm³/mol. The molecule has 0 heterocycles. The minimum atomic E-state index is -0.552. The summed E-state index contributed by atoms with van der Waals surface area (Å²) in [5.41, 5.74) is 0.344. The Morgan fingerprint density at radius 3 is 2.61 bits per heavy atom. The molecule has 0 unspecified atom stereocenters. The van der Waals surface area contributed by atoms with Crippen molar-refractivity contribution >= 4 is 17.3 Å². The third-order valence-electron chi connectivity index (χ3n) is 4.46. The van der Waals surface area contributed by atoms with Gasteiger partial charge in [-0.15, -0.1) is 0 Å². The van der Waals surface area contributed by atoms with Crippen LogP contribution < -0.4 is 19.5 Å². The number of amides is 1. The van der Waals surface area contributed by atoms with Gasteiger partial charge in [-0.05, 0) is 43.9 Å². The highest BCUT2D eigenvalue weighted by molar-refractivity contribution is 5.92. The van der Waals surface area contributed by atoms with Gasteiger partial charge in [-0.2, -0.15) is 0 Å². The molecule has 0 saturated heterocycles. The summed E-state index contributed by atoms with van der Waals surface area (Å²) < 4.78 is 16.6. The minimum Gasteiger partial charge on any atom is -0.493 e. The van der Waals surface area contributed by atoms with E-state index in [1.807, 2.05) is 0 Å². The lowest BCUT2D eigenvalue weighted by Gasteiger charge is -2.17. The highest BCUT2D eigenvalue weighted by Gasteiger charge is 2.19. The van der Waals surface area contributed by atoms with Gasteiger partial charge < -0.3 is 19.5 Å². The fraction of sp³-hybridized carbons (Fsp3) is 0.350. The standard InChI is InChI=1S/C20H22N2O6/c1-26-18-11-10-14(12-19(18)28-15-6-2-3-7-15)21-20(23)13-27-17-9-5-4-8-16(17)22(24)25/h4-5,8-12,15H,2-3,6-7,13H2,1H3,(H,21,23). The second-order valence-corrected chi connectivity index (χ2v) is 6.45. The maximum absolute atomic E-state index is 12.2. The predicted octanol–water partition coefficient (Wildman–Crippen LogP) is 3.94. The molecule has 2 aromatic carbocycles. The molecule has 0 aromatic heterocycles. The Kier molecular flexibility index (Phi) is 6.31. The lowest BCUT2D eigenvalue weighted by molar-refractivity contribution is -0.385. The molecule has 8 nitrogen and oxygen atoms in total.